The fraction of sp³-hybridized carbons (Fsp3) is 0.308. The molecular weight excluding hydrogens is 252 g/mol. The molecule has 1 heterocycles. The van der Waals surface area contributed by atoms with Crippen molar-refractivity contribution >= 4 is 11.6 Å². The summed E-state index contributed by atoms with van der Waals surface area (Å²) in [6, 6.07) is 5.41. The summed E-state index contributed by atoms with van der Waals surface area (Å²) in [6.45, 7) is 2.31. The third-order valence-electron chi connectivity index (χ3n) is 2.59. The second-order valence-corrected chi connectivity index (χ2v) is 4.32. The van der Waals surface area contributed by atoms with Crippen LogP contribution in [0.2, 0.25) is 5.02 Å². The minimum Gasteiger partial charge on any atom is -0.496 e. The first-order valence-corrected chi connectivity index (χ1v) is 6.03. The molecule has 5 heteroatoms. The maximum absolute atomic E-state index is 6.02. The van der Waals surface area contributed by atoms with E-state index >= 15 is 0 Å². The van der Waals surface area contributed by atoms with E-state index in [1.165, 1.54) is 0 Å². The van der Waals surface area contributed by atoms with Gasteiger partial charge in [-0.15, -0.1) is 0 Å². The highest BCUT2D eigenvalue weighted by Gasteiger charge is 2.16. The summed E-state index contributed by atoms with van der Waals surface area (Å²) in [6.07, 6.45) is 0.631. The van der Waals surface area contributed by atoms with Crippen molar-refractivity contribution in [3.05, 3.63) is 34.9 Å². The number of rotatable bonds is 4. The van der Waals surface area contributed by atoms with Crippen molar-refractivity contribution in [2.75, 3.05) is 13.7 Å². The van der Waals surface area contributed by atoms with E-state index in [4.69, 9.17) is 26.5 Å². The van der Waals surface area contributed by atoms with Gasteiger partial charge in [0, 0.05) is 23.9 Å². The smallest absolute Gasteiger partial charge is 0.191 e. The average Bonchev–Trinajstić information content (AvgIpc) is 2.71. The summed E-state index contributed by atoms with van der Waals surface area (Å²) in [5, 5.41) is 0.630. The maximum Gasteiger partial charge on any atom is 0.191 e. The minimum absolute atomic E-state index is 0.504. The van der Waals surface area contributed by atoms with Crippen molar-refractivity contribution in [3.63, 3.8) is 0 Å². The third kappa shape index (κ3) is 2.49. The molecule has 2 rings (SSSR count). The Hall–Kier alpha value is -1.52. The molecule has 2 aromatic rings. The standard InChI is InChI=1S/C13H15ClN2O2/c1-8-16-13(12(18-8)5-6-15)10-7-9(14)3-4-11(10)17-2/h3-4,7H,5-6,15H2,1-2H3. The molecule has 0 spiro atoms. The lowest BCUT2D eigenvalue weighted by Crippen LogP contribution is -2.03. The van der Waals surface area contributed by atoms with E-state index in [-0.39, 0.29) is 0 Å². The maximum atomic E-state index is 6.02. The molecule has 0 aliphatic carbocycles. The Balaban J connectivity index is 2.56. The number of nitrogens with zero attached hydrogens (tertiary/aromatic N) is 1. The van der Waals surface area contributed by atoms with Gasteiger partial charge in [0.25, 0.3) is 0 Å². The number of benzene rings is 1. The van der Waals surface area contributed by atoms with Crippen LogP contribution in [0, 0.1) is 6.92 Å². The first-order valence-electron chi connectivity index (χ1n) is 5.66. The van der Waals surface area contributed by atoms with Crippen LogP contribution in [0.3, 0.4) is 0 Å². The lowest BCUT2D eigenvalue weighted by atomic mass is 10.1. The van der Waals surface area contributed by atoms with Crippen molar-refractivity contribution in [1.82, 2.24) is 4.98 Å². The normalized spacial score (nSPS) is 10.7. The molecule has 0 amide bonds. The summed E-state index contributed by atoms with van der Waals surface area (Å²) in [5.41, 5.74) is 7.14. The molecule has 0 fully saturated rings. The third-order valence-corrected chi connectivity index (χ3v) is 2.83. The monoisotopic (exact) mass is 266 g/mol. The number of aromatic nitrogens is 1. The number of oxazole rings is 1. The summed E-state index contributed by atoms with van der Waals surface area (Å²) in [5.74, 6) is 2.08. The highest BCUT2D eigenvalue weighted by atomic mass is 35.5. The molecule has 0 unspecified atom stereocenters. The Morgan fingerprint density at radius 1 is 1.44 bits per heavy atom. The molecular formula is C13H15ClN2O2. The van der Waals surface area contributed by atoms with Gasteiger partial charge in [0.05, 0.1) is 7.11 Å². The second kappa shape index (κ2) is 5.42. The SMILES string of the molecule is COc1ccc(Cl)cc1-c1nc(C)oc1CCN. The number of methoxy groups -OCH3 is 1. The molecule has 0 saturated carbocycles. The molecule has 0 bridgehead atoms. The van der Waals surface area contributed by atoms with E-state index in [9.17, 15) is 0 Å². The number of nitrogens with two attached hydrogens (primary N) is 1. The Labute approximate surface area is 111 Å². The van der Waals surface area contributed by atoms with Gasteiger partial charge in [-0.25, -0.2) is 4.98 Å². The zero-order chi connectivity index (χ0) is 13.1. The van der Waals surface area contributed by atoms with E-state index in [1.54, 1.807) is 20.1 Å². The topological polar surface area (TPSA) is 61.3 Å². The number of ether oxygens (including phenoxy) is 1. The lowest BCUT2D eigenvalue weighted by molar-refractivity contribution is 0.416. The zero-order valence-corrected chi connectivity index (χ0v) is 11.1. The molecule has 0 radical (unpaired) electrons. The van der Waals surface area contributed by atoms with Crippen molar-refractivity contribution < 1.29 is 9.15 Å². The number of hydrogen-bond acceptors (Lipinski definition) is 4. The molecule has 0 atom stereocenters. The molecule has 18 heavy (non-hydrogen) atoms. The number of halogens is 1. The van der Waals surface area contributed by atoms with Crippen LogP contribution in [0.25, 0.3) is 11.3 Å². The number of hydrogen-bond donors (Lipinski definition) is 1. The van der Waals surface area contributed by atoms with E-state index in [0.29, 0.717) is 29.6 Å². The average molecular weight is 267 g/mol. The predicted octanol–water partition coefficient (Wildman–Crippen LogP) is 2.81. The fourth-order valence-corrected chi connectivity index (χ4v) is 2.02. The van der Waals surface area contributed by atoms with Crippen molar-refractivity contribution in [3.8, 4) is 17.0 Å². The van der Waals surface area contributed by atoms with Crippen LogP contribution in [-0.4, -0.2) is 18.6 Å². The predicted molar refractivity (Wildman–Crippen MR) is 71.0 cm³/mol. The van der Waals surface area contributed by atoms with E-state index in [2.05, 4.69) is 4.98 Å². The summed E-state index contributed by atoms with van der Waals surface area (Å²) in [7, 11) is 1.61. The van der Waals surface area contributed by atoms with E-state index in [1.807, 2.05) is 12.1 Å². The van der Waals surface area contributed by atoms with E-state index in [0.717, 1.165) is 17.0 Å². The lowest BCUT2D eigenvalue weighted by Gasteiger charge is -2.07. The fourth-order valence-electron chi connectivity index (χ4n) is 1.85. The van der Waals surface area contributed by atoms with Gasteiger partial charge in [-0.05, 0) is 24.7 Å². The molecule has 1 aromatic carbocycles. The Kier molecular flexibility index (Phi) is 3.89. The van der Waals surface area contributed by atoms with Gasteiger partial charge < -0.3 is 14.9 Å². The second-order valence-electron chi connectivity index (χ2n) is 3.89. The van der Waals surface area contributed by atoms with Gasteiger partial charge in [0.15, 0.2) is 5.89 Å². The van der Waals surface area contributed by atoms with Gasteiger partial charge in [0.1, 0.15) is 17.2 Å². The summed E-state index contributed by atoms with van der Waals surface area (Å²) < 4.78 is 10.9. The number of aryl methyl sites for hydroxylation is 1. The van der Waals surface area contributed by atoms with Crippen LogP contribution in [0.1, 0.15) is 11.7 Å². The molecule has 4 nitrogen and oxygen atoms in total. The van der Waals surface area contributed by atoms with Gasteiger partial charge in [-0.2, -0.15) is 0 Å². The molecule has 2 N–H and O–H groups in total. The summed E-state index contributed by atoms with van der Waals surface area (Å²) >= 11 is 6.02. The van der Waals surface area contributed by atoms with Crippen LogP contribution in [0.5, 0.6) is 5.75 Å². The first kappa shape index (κ1) is 12.9. The van der Waals surface area contributed by atoms with Crippen LogP contribution < -0.4 is 10.5 Å². The van der Waals surface area contributed by atoms with Crippen LogP contribution in [0.15, 0.2) is 22.6 Å². The minimum atomic E-state index is 0.504. The van der Waals surface area contributed by atoms with Crippen molar-refractivity contribution in [2.45, 2.75) is 13.3 Å². The Morgan fingerprint density at radius 2 is 2.22 bits per heavy atom. The molecule has 0 aliphatic rings. The van der Waals surface area contributed by atoms with E-state index < -0.39 is 0 Å². The Morgan fingerprint density at radius 3 is 2.89 bits per heavy atom. The summed E-state index contributed by atoms with van der Waals surface area (Å²) in [4.78, 5) is 4.39. The van der Waals surface area contributed by atoms with Crippen LogP contribution in [-0.2, 0) is 6.42 Å². The molecule has 1 aromatic heterocycles. The van der Waals surface area contributed by atoms with Gasteiger partial charge >= 0.3 is 0 Å². The highest BCUT2D eigenvalue weighted by Crippen LogP contribution is 2.34. The Bertz CT molecular complexity index is 552. The molecule has 0 saturated heterocycles. The van der Waals surface area contributed by atoms with Gasteiger partial charge in [0.2, 0.25) is 0 Å². The first-order chi connectivity index (χ1) is 8.65. The van der Waals surface area contributed by atoms with Crippen LogP contribution >= 0.6 is 11.6 Å². The van der Waals surface area contributed by atoms with Gasteiger partial charge in [-0.1, -0.05) is 11.6 Å². The molecule has 96 valence electrons. The largest absolute Gasteiger partial charge is 0.496 e. The van der Waals surface area contributed by atoms with Gasteiger partial charge in [-0.3, -0.25) is 0 Å². The highest BCUT2D eigenvalue weighted by molar-refractivity contribution is 6.31. The zero-order valence-electron chi connectivity index (χ0n) is 10.4. The van der Waals surface area contributed by atoms with Crippen molar-refractivity contribution in [2.24, 2.45) is 5.73 Å². The molecule has 0 aliphatic heterocycles. The van der Waals surface area contributed by atoms with Crippen LogP contribution in [0.4, 0.5) is 0 Å². The quantitative estimate of drug-likeness (QED) is 0.924. The van der Waals surface area contributed by atoms with Crippen molar-refractivity contribution in [1.29, 1.82) is 0 Å².